The first-order chi connectivity index (χ1) is 17.1. The normalized spacial score (nSPS) is 19.6. The molecule has 2 aliphatic rings. The monoisotopic (exact) mass is 592 g/mol. The number of nitrogens with two attached hydrogens (primary N) is 1. The van der Waals surface area contributed by atoms with Crippen molar-refractivity contribution in [2.24, 2.45) is 5.92 Å². The van der Waals surface area contributed by atoms with Crippen molar-refractivity contribution < 1.29 is 29.4 Å². The number of nitrogens with zero attached hydrogens (tertiary/aromatic N) is 6. The highest BCUT2D eigenvalue weighted by molar-refractivity contribution is 8.00. The number of tetrazole rings is 1. The van der Waals surface area contributed by atoms with Gasteiger partial charge in [-0.25, -0.2) is 14.6 Å². The van der Waals surface area contributed by atoms with Crippen LogP contribution in [-0.2, 0) is 19.2 Å². The van der Waals surface area contributed by atoms with Crippen LogP contribution in [0.3, 0.4) is 0 Å². The number of halogens is 2. The second-order valence-corrected chi connectivity index (χ2v) is 11.0. The van der Waals surface area contributed by atoms with Gasteiger partial charge in [0.1, 0.15) is 10.2 Å². The van der Waals surface area contributed by atoms with Crippen molar-refractivity contribution in [3.8, 4) is 0 Å². The number of nitrogen functional groups attached to an aromatic ring is 1. The van der Waals surface area contributed by atoms with Crippen LogP contribution in [0.15, 0.2) is 26.8 Å². The SMILES string of the molecule is Nc1nc(C(C(=O)NC(C(=O)O)n2nnnc2SCC2C(=O)N3C(C(=O)O)=CCSC23)=C(Cl)Cl)cs1. The lowest BCUT2D eigenvalue weighted by Crippen LogP contribution is -2.61. The maximum absolute atomic E-state index is 12.9. The zero-order chi connectivity index (χ0) is 26.1. The molecular weight excluding hydrogens is 579 g/mol. The minimum Gasteiger partial charge on any atom is -0.478 e. The van der Waals surface area contributed by atoms with E-state index in [1.807, 2.05) is 0 Å². The lowest BCUT2D eigenvalue weighted by molar-refractivity contribution is -0.151. The number of aliphatic carboxylic acids is 2. The molecule has 2 amide bonds. The quantitative estimate of drug-likeness (QED) is 0.181. The molecule has 1 saturated heterocycles. The number of carboxylic acid groups (broad SMARTS) is 2. The largest absolute Gasteiger partial charge is 0.478 e. The molecule has 0 saturated carbocycles. The van der Waals surface area contributed by atoms with Gasteiger partial charge in [-0.2, -0.15) is 4.68 Å². The predicted molar refractivity (Wildman–Crippen MR) is 131 cm³/mol. The fraction of sp³-hybridized carbons (Fsp3) is 0.294. The molecule has 0 spiro atoms. The van der Waals surface area contributed by atoms with E-state index in [2.05, 4.69) is 25.8 Å². The highest BCUT2D eigenvalue weighted by atomic mass is 35.5. The average Bonchev–Trinajstić information content (AvgIpc) is 3.45. The molecule has 14 nitrogen and oxygen atoms in total. The second-order valence-electron chi connectivity index (χ2n) is 7.07. The zero-order valence-corrected chi connectivity index (χ0v) is 21.5. The molecule has 0 aliphatic carbocycles. The number of hydrogen-bond acceptors (Lipinski definition) is 12. The van der Waals surface area contributed by atoms with E-state index in [0.29, 0.717) is 5.75 Å². The van der Waals surface area contributed by atoms with Crippen molar-refractivity contribution in [3.63, 3.8) is 0 Å². The van der Waals surface area contributed by atoms with Gasteiger partial charge < -0.3 is 21.3 Å². The lowest BCUT2D eigenvalue weighted by Gasteiger charge is -2.48. The number of carbonyl (C=O) groups excluding carboxylic acids is 2. The maximum Gasteiger partial charge on any atom is 0.352 e. The van der Waals surface area contributed by atoms with E-state index in [9.17, 15) is 29.4 Å². The Morgan fingerprint density at radius 2 is 2.08 bits per heavy atom. The first-order valence-corrected chi connectivity index (χ1v) is 13.4. The van der Waals surface area contributed by atoms with E-state index < -0.39 is 34.4 Å². The maximum atomic E-state index is 12.9. The van der Waals surface area contributed by atoms with Crippen LogP contribution in [0.1, 0.15) is 11.9 Å². The molecule has 0 bridgehead atoms. The molecule has 1 fully saturated rings. The van der Waals surface area contributed by atoms with E-state index in [1.165, 1.54) is 28.1 Å². The van der Waals surface area contributed by atoms with Gasteiger partial charge in [-0.05, 0) is 16.5 Å². The first kappa shape index (κ1) is 26.2. The number of thiazole rings is 1. The van der Waals surface area contributed by atoms with Crippen LogP contribution in [0.2, 0.25) is 0 Å². The second kappa shape index (κ2) is 10.6. The molecule has 0 aromatic carbocycles. The average molecular weight is 593 g/mol. The molecule has 2 aromatic heterocycles. The summed E-state index contributed by atoms with van der Waals surface area (Å²) in [6.07, 6.45) is -0.283. The summed E-state index contributed by atoms with van der Waals surface area (Å²) in [5.74, 6) is -3.96. The third-order valence-corrected chi connectivity index (χ3v) is 8.32. The van der Waals surface area contributed by atoms with Gasteiger partial charge in [-0.3, -0.25) is 14.5 Å². The highest BCUT2D eigenvalue weighted by Crippen LogP contribution is 2.43. The standard InChI is InChI=1S/C17H14Cl2N8O6S3/c18-9(19)8(6-4-35-16(20)21-6)11(28)22-10(15(32)33)27-17(23-24-25-27)36-3-5-12(29)26-7(14(30)31)1-2-34-13(5)26/h1,4-5,10,13H,2-3H2,(H2,20,21)(H,22,28)(H,30,31)(H,32,33). The number of rotatable bonds is 9. The van der Waals surface area contributed by atoms with Crippen LogP contribution in [0, 0.1) is 5.92 Å². The first-order valence-electron chi connectivity index (χ1n) is 9.69. The number of thioether (sulfide) groups is 2. The molecule has 19 heteroatoms. The Hall–Kier alpha value is -2.86. The van der Waals surface area contributed by atoms with Gasteiger partial charge in [-0.1, -0.05) is 35.0 Å². The van der Waals surface area contributed by atoms with Crippen molar-refractivity contribution >= 4 is 92.5 Å². The number of nitrogens with one attached hydrogen (secondary N) is 1. The van der Waals surface area contributed by atoms with Gasteiger partial charge in [0.15, 0.2) is 5.13 Å². The highest BCUT2D eigenvalue weighted by Gasteiger charge is 2.51. The van der Waals surface area contributed by atoms with E-state index in [4.69, 9.17) is 28.9 Å². The topological polar surface area (TPSA) is 207 Å². The smallest absolute Gasteiger partial charge is 0.352 e. The summed E-state index contributed by atoms with van der Waals surface area (Å²) in [4.78, 5) is 53.9. The fourth-order valence-corrected chi connectivity index (χ4v) is 6.70. The van der Waals surface area contributed by atoms with Crippen molar-refractivity contribution in [2.75, 3.05) is 17.2 Å². The number of fused-ring (bicyclic) bond motifs is 1. The zero-order valence-electron chi connectivity index (χ0n) is 17.6. The molecular formula is C17H14Cl2N8O6S3. The Bertz CT molecular complexity index is 1310. The predicted octanol–water partition coefficient (Wildman–Crippen LogP) is 0.849. The van der Waals surface area contributed by atoms with Crippen LogP contribution in [0.5, 0.6) is 0 Å². The van der Waals surface area contributed by atoms with Gasteiger partial charge in [0.2, 0.25) is 17.2 Å². The van der Waals surface area contributed by atoms with Crippen molar-refractivity contribution in [1.29, 1.82) is 0 Å². The summed E-state index contributed by atoms with van der Waals surface area (Å²) < 4.78 is 0.401. The number of aromatic nitrogens is 5. The number of carboxylic acids is 2. The van der Waals surface area contributed by atoms with Crippen molar-refractivity contribution in [3.05, 3.63) is 27.3 Å². The lowest BCUT2D eigenvalue weighted by atomic mass is 9.99. The molecule has 4 rings (SSSR count). The molecule has 4 heterocycles. The molecule has 5 N–H and O–H groups in total. The van der Waals surface area contributed by atoms with E-state index >= 15 is 0 Å². The molecule has 3 unspecified atom stereocenters. The third kappa shape index (κ3) is 5.01. The summed E-state index contributed by atoms with van der Waals surface area (Å²) in [5.41, 5.74) is 5.29. The molecule has 2 aromatic rings. The minimum atomic E-state index is -1.76. The fourth-order valence-electron chi connectivity index (χ4n) is 3.37. The summed E-state index contributed by atoms with van der Waals surface area (Å²) >= 11 is 15.1. The van der Waals surface area contributed by atoms with Gasteiger partial charge in [0.25, 0.3) is 5.91 Å². The Morgan fingerprint density at radius 1 is 1.33 bits per heavy atom. The van der Waals surface area contributed by atoms with E-state index in [-0.39, 0.29) is 44.3 Å². The van der Waals surface area contributed by atoms with Crippen LogP contribution in [0.25, 0.3) is 5.57 Å². The van der Waals surface area contributed by atoms with Crippen molar-refractivity contribution in [1.82, 2.24) is 35.4 Å². The van der Waals surface area contributed by atoms with Crippen LogP contribution < -0.4 is 11.1 Å². The summed E-state index contributed by atoms with van der Waals surface area (Å²) in [6.45, 7) is 0. The van der Waals surface area contributed by atoms with Crippen LogP contribution >= 0.6 is 58.1 Å². The molecule has 36 heavy (non-hydrogen) atoms. The minimum absolute atomic E-state index is 0.00385. The van der Waals surface area contributed by atoms with Crippen LogP contribution in [-0.4, -0.2) is 80.9 Å². The van der Waals surface area contributed by atoms with Crippen LogP contribution in [0.4, 0.5) is 5.13 Å². The summed E-state index contributed by atoms with van der Waals surface area (Å²) in [7, 11) is 0. The summed E-state index contributed by atoms with van der Waals surface area (Å²) in [5, 5.41) is 33.4. The van der Waals surface area contributed by atoms with E-state index in [1.54, 1.807) is 0 Å². The molecule has 190 valence electrons. The van der Waals surface area contributed by atoms with Gasteiger partial charge in [0, 0.05) is 16.9 Å². The van der Waals surface area contributed by atoms with Gasteiger partial charge >= 0.3 is 11.9 Å². The number of anilines is 1. The van der Waals surface area contributed by atoms with Gasteiger partial charge in [-0.15, -0.1) is 28.2 Å². The Kier molecular flexibility index (Phi) is 7.74. The Balaban J connectivity index is 1.48. The van der Waals surface area contributed by atoms with Gasteiger partial charge in [0.05, 0.1) is 22.6 Å². The number of amides is 2. The third-order valence-electron chi connectivity index (χ3n) is 4.97. The number of β-lactam (4-membered cyclic amide) rings is 1. The molecule has 3 atom stereocenters. The molecule has 0 radical (unpaired) electrons. The Labute approximate surface area is 223 Å². The number of hydrogen-bond donors (Lipinski definition) is 4. The Morgan fingerprint density at radius 3 is 2.69 bits per heavy atom. The van der Waals surface area contributed by atoms with Crippen molar-refractivity contribution in [2.45, 2.75) is 16.7 Å². The number of carbonyl (C=O) groups is 4. The summed E-state index contributed by atoms with van der Waals surface area (Å²) in [6, 6.07) is 0. The molecule has 2 aliphatic heterocycles. The van der Waals surface area contributed by atoms with E-state index in [0.717, 1.165) is 27.8 Å².